The van der Waals surface area contributed by atoms with Crippen molar-refractivity contribution >= 4 is 5.97 Å². The van der Waals surface area contributed by atoms with Crippen molar-refractivity contribution in [3.63, 3.8) is 0 Å². The van der Waals surface area contributed by atoms with Crippen LogP contribution < -0.4 is 0 Å². The van der Waals surface area contributed by atoms with E-state index in [0.717, 1.165) is 12.0 Å². The van der Waals surface area contributed by atoms with Gasteiger partial charge in [-0.05, 0) is 49.2 Å². The number of fused-ring (bicyclic) bond motifs is 2. The normalized spacial score (nSPS) is 45.5. The monoisotopic (exact) mass is 264 g/mol. The second kappa shape index (κ2) is 3.70. The van der Waals surface area contributed by atoms with Gasteiger partial charge < -0.3 is 14.9 Å². The van der Waals surface area contributed by atoms with Gasteiger partial charge in [0, 0.05) is 11.1 Å². The minimum absolute atomic E-state index is 0.200. The molecule has 2 N–H and O–H groups in total. The average Bonchev–Trinajstić information content (AvgIpc) is 2.55. The molecule has 1 fully saturated rings. The molecule has 0 spiro atoms. The predicted octanol–water partition coefficient (Wildman–Crippen LogP) is 1.68. The van der Waals surface area contributed by atoms with E-state index in [2.05, 4.69) is 13.8 Å². The van der Waals surface area contributed by atoms with Crippen LogP contribution in [0.5, 0.6) is 0 Å². The molecule has 2 aliphatic carbocycles. The molecule has 0 aromatic heterocycles. The molecule has 4 nitrogen and oxygen atoms in total. The zero-order chi connectivity index (χ0) is 14.0. The van der Waals surface area contributed by atoms with Crippen LogP contribution in [0.3, 0.4) is 0 Å². The summed E-state index contributed by atoms with van der Waals surface area (Å²) in [5, 5.41) is 20.7. The highest BCUT2D eigenvalue weighted by molar-refractivity contribution is 5.92. The van der Waals surface area contributed by atoms with Gasteiger partial charge in [-0.25, -0.2) is 4.79 Å². The van der Waals surface area contributed by atoms with Gasteiger partial charge in [0.15, 0.2) is 0 Å². The summed E-state index contributed by atoms with van der Waals surface area (Å²) in [5.74, 6) is -1.69. The van der Waals surface area contributed by atoms with Crippen LogP contribution in [-0.2, 0) is 9.53 Å². The van der Waals surface area contributed by atoms with E-state index in [4.69, 9.17) is 4.74 Å². The molecule has 3 aliphatic rings. The number of aliphatic hydroxyl groups excluding tert-OH is 1. The lowest BCUT2D eigenvalue weighted by molar-refractivity contribution is -0.170. The van der Waals surface area contributed by atoms with Gasteiger partial charge in [-0.15, -0.1) is 0 Å². The van der Waals surface area contributed by atoms with E-state index in [0.29, 0.717) is 29.9 Å². The van der Waals surface area contributed by atoms with Crippen molar-refractivity contribution in [3.05, 3.63) is 22.8 Å². The van der Waals surface area contributed by atoms with Crippen molar-refractivity contribution in [1.82, 2.24) is 0 Å². The summed E-state index contributed by atoms with van der Waals surface area (Å²) in [5.41, 5.74) is 1.78. The Balaban J connectivity index is 2.17. The minimum atomic E-state index is -1.63. The summed E-state index contributed by atoms with van der Waals surface area (Å²) in [4.78, 5) is 11.7. The third kappa shape index (κ3) is 1.56. The minimum Gasteiger partial charge on any atom is -0.422 e. The smallest absolute Gasteiger partial charge is 0.336 e. The number of aliphatic hydroxyl groups is 2. The molecule has 0 aromatic carbocycles. The molecular weight excluding hydrogens is 244 g/mol. The lowest BCUT2D eigenvalue weighted by Gasteiger charge is -2.49. The Morgan fingerprint density at radius 3 is 2.79 bits per heavy atom. The molecule has 104 valence electrons. The van der Waals surface area contributed by atoms with Crippen LogP contribution in [0.4, 0.5) is 0 Å². The largest absolute Gasteiger partial charge is 0.422 e. The Bertz CT molecular complexity index is 518. The summed E-state index contributed by atoms with van der Waals surface area (Å²) in [6, 6.07) is 0. The van der Waals surface area contributed by atoms with E-state index >= 15 is 0 Å². The highest BCUT2D eigenvalue weighted by Gasteiger charge is 2.54. The lowest BCUT2D eigenvalue weighted by atomic mass is 9.58. The first kappa shape index (κ1) is 12.9. The Morgan fingerprint density at radius 1 is 1.42 bits per heavy atom. The van der Waals surface area contributed by atoms with Crippen molar-refractivity contribution in [2.75, 3.05) is 0 Å². The number of rotatable bonds is 0. The van der Waals surface area contributed by atoms with Gasteiger partial charge in [0.2, 0.25) is 0 Å². The molecule has 3 rings (SSSR count). The van der Waals surface area contributed by atoms with Gasteiger partial charge in [0.05, 0.1) is 6.10 Å². The number of carbonyl (C=O) groups is 1. The maximum atomic E-state index is 11.7. The van der Waals surface area contributed by atoms with E-state index < -0.39 is 17.9 Å². The fraction of sp³-hybridized carbons (Fsp3) is 0.667. The molecule has 0 radical (unpaired) electrons. The van der Waals surface area contributed by atoms with Crippen LogP contribution in [0.25, 0.3) is 0 Å². The SMILES string of the molecule is CC1=C2C[C@@]3(C)C(=C[C@@]2(O)OC1=O)[C@H](O)CC[C@@H]3C. The van der Waals surface area contributed by atoms with E-state index in [1.54, 1.807) is 13.0 Å². The molecule has 0 unspecified atom stereocenters. The molecule has 0 bridgehead atoms. The van der Waals surface area contributed by atoms with Gasteiger partial charge in [-0.1, -0.05) is 13.8 Å². The van der Waals surface area contributed by atoms with E-state index in [9.17, 15) is 15.0 Å². The van der Waals surface area contributed by atoms with E-state index in [1.807, 2.05) is 0 Å². The molecule has 1 saturated carbocycles. The number of carbonyl (C=O) groups excluding carboxylic acids is 1. The quantitative estimate of drug-likeness (QED) is 0.516. The van der Waals surface area contributed by atoms with E-state index in [1.165, 1.54) is 0 Å². The van der Waals surface area contributed by atoms with E-state index in [-0.39, 0.29) is 5.41 Å². The third-order valence-electron chi connectivity index (χ3n) is 5.31. The number of hydrogen-bond acceptors (Lipinski definition) is 4. The van der Waals surface area contributed by atoms with Crippen molar-refractivity contribution in [3.8, 4) is 0 Å². The first-order valence-corrected chi connectivity index (χ1v) is 6.85. The highest BCUT2D eigenvalue weighted by atomic mass is 16.7. The Labute approximate surface area is 112 Å². The predicted molar refractivity (Wildman–Crippen MR) is 69.0 cm³/mol. The number of ether oxygens (including phenoxy) is 1. The van der Waals surface area contributed by atoms with Crippen molar-refractivity contribution in [2.24, 2.45) is 11.3 Å². The molecule has 0 saturated heterocycles. The molecule has 19 heavy (non-hydrogen) atoms. The summed E-state index contributed by atoms with van der Waals surface area (Å²) in [6.45, 7) is 5.97. The lowest BCUT2D eigenvalue weighted by Crippen LogP contribution is -2.46. The maximum Gasteiger partial charge on any atom is 0.336 e. The van der Waals surface area contributed by atoms with Gasteiger partial charge >= 0.3 is 5.97 Å². The molecular formula is C15H20O4. The zero-order valence-electron chi connectivity index (χ0n) is 11.6. The van der Waals surface area contributed by atoms with Gasteiger partial charge in [0.1, 0.15) is 0 Å². The zero-order valence-corrected chi connectivity index (χ0v) is 11.6. The molecule has 4 heteroatoms. The molecule has 1 heterocycles. The topological polar surface area (TPSA) is 66.8 Å². The van der Waals surface area contributed by atoms with Crippen LogP contribution >= 0.6 is 0 Å². The third-order valence-corrected chi connectivity index (χ3v) is 5.31. The fourth-order valence-electron chi connectivity index (χ4n) is 3.71. The van der Waals surface area contributed by atoms with Crippen molar-refractivity contribution in [2.45, 2.75) is 51.9 Å². The van der Waals surface area contributed by atoms with Gasteiger partial charge in [-0.3, -0.25) is 0 Å². The van der Waals surface area contributed by atoms with Crippen molar-refractivity contribution in [1.29, 1.82) is 0 Å². The van der Waals surface area contributed by atoms with Crippen LogP contribution in [0, 0.1) is 11.3 Å². The average molecular weight is 264 g/mol. The maximum absolute atomic E-state index is 11.7. The molecule has 4 atom stereocenters. The van der Waals surface area contributed by atoms with Gasteiger partial charge in [0.25, 0.3) is 5.79 Å². The van der Waals surface area contributed by atoms with Crippen LogP contribution in [0.1, 0.15) is 40.0 Å². The Kier molecular flexibility index (Phi) is 2.51. The summed E-state index contributed by atoms with van der Waals surface area (Å²) in [7, 11) is 0. The Morgan fingerprint density at radius 2 is 2.11 bits per heavy atom. The summed E-state index contributed by atoms with van der Waals surface area (Å²) in [6.07, 6.45) is 3.25. The second-order valence-electron chi connectivity index (χ2n) is 6.38. The van der Waals surface area contributed by atoms with Crippen LogP contribution in [0.2, 0.25) is 0 Å². The molecule has 0 aromatic rings. The summed E-state index contributed by atoms with van der Waals surface area (Å²) < 4.78 is 5.10. The molecule has 1 aliphatic heterocycles. The highest BCUT2D eigenvalue weighted by Crippen LogP contribution is 2.56. The van der Waals surface area contributed by atoms with Crippen LogP contribution in [-0.4, -0.2) is 28.1 Å². The first-order chi connectivity index (χ1) is 8.78. The van der Waals surface area contributed by atoms with Gasteiger partial charge in [-0.2, -0.15) is 0 Å². The summed E-state index contributed by atoms with van der Waals surface area (Å²) >= 11 is 0. The molecule has 0 amide bonds. The fourth-order valence-corrected chi connectivity index (χ4v) is 3.71. The number of esters is 1. The number of hydrogen-bond donors (Lipinski definition) is 2. The Hall–Kier alpha value is -1.13. The van der Waals surface area contributed by atoms with Crippen LogP contribution in [0.15, 0.2) is 22.8 Å². The second-order valence-corrected chi connectivity index (χ2v) is 6.38. The van der Waals surface area contributed by atoms with Crippen molar-refractivity contribution < 1.29 is 19.7 Å². The standard InChI is InChI=1S/C15H20O4/c1-8-4-5-12(16)11-7-15(18)10(6-14(8,11)3)9(2)13(17)19-15/h7-8,12,16,18H,4-6H2,1-3H3/t8-,12+,14+,15+/m0/s1. The first-order valence-electron chi connectivity index (χ1n) is 6.85.